The normalized spacial score (nSPS) is 22.4. The zero-order valence-corrected chi connectivity index (χ0v) is 9.40. The Hall–Kier alpha value is -1.76. The summed E-state index contributed by atoms with van der Waals surface area (Å²) < 4.78 is 26.5. The summed E-state index contributed by atoms with van der Waals surface area (Å²) in [7, 11) is 0. The number of aliphatic hydroxyl groups excluding tert-OH is 1. The quantitative estimate of drug-likeness (QED) is 0.640. The van der Waals surface area contributed by atoms with Gasteiger partial charge in [0, 0.05) is 12.6 Å². The largest absolute Gasteiger partial charge is 0.393 e. The van der Waals surface area contributed by atoms with Crippen LogP contribution in [0, 0.1) is 27.7 Å². The van der Waals surface area contributed by atoms with Gasteiger partial charge in [0.25, 0.3) is 5.69 Å². The summed E-state index contributed by atoms with van der Waals surface area (Å²) in [5.74, 6) is -2.25. The highest BCUT2D eigenvalue weighted by atomic mass is 19.2. The first kappa shape index (κ1) is 12.7. The fourth-order valence-corrected chi connectivity index (χ4v) is 1.97. The highest BCUT2D eigenvalue weighted by Gasteiger charge is 2.28. The van der Waals surface area contributed by atoms with Crippen molar-refractivity contribution >= 4 is 11.4 Å². The van der Waals surface area contributed by atoms with Crippen molar-refractivity contribution in [2.24, 2.45) is 5.92 Å². The van der Waals surface area contributed by atoms with E-state index in [9.17, 15) is 18.9 Å². The van der Waals surface area contributed by atoms with Crippen molar-refractivity contribution in [3.63, 3.8) is 0 Å². The number of nitro benzene ring substituents is 1. The molecule has 1 aromatic carbocycles. The van der Waals surface area contributed by atoms with Gasteiger partial charge in [-0.05, 0) is 24.8 Å². The Labute approximate surface area is 102 Å². The molecule has 7 heteroatoms. The molecule has 1 saturated carbocycles. The van der Waals surface area contributed by atoms with Crippen LogP contribution in [0.2, 0.25) is 0 Å². The van der Waals surface area contributed by atoms with Gasteiger partial charge in [0.1, 0.15) is 0 Å². The smallest absolute Gasteiger partial charge is 0.295 e. The topological polar surface area (TPSA) is 75.4 Å². The number of nitrogens with one attached hydrogen (secondary N) is 1. The van der Waals surface area contributed by atoms with E-state index >= 15 is 0 Å². The number of benzene rings is 1. The van der Waals surface area contributed by atoms with Gasteiger partial charge in [-0.2, -0.15) is 0 Å². The second kappa shape index (κ2) is 4.85. The molecule has 2 N–H and O–H groups in total. The van der Waals surface area contributed by atoms with Crippen molar-refractivity contribution in [2.45, 2.75) is 18.9 Å². The van der Waals surface area contributed by atoms with Crippen LogP contribution in [0.3, 0.4) is 0 Å². The fourth-order valence-electron chi connectivity index (χ4n) is 1.97. The number of hydrogen-bond donors (Lipinski definition) is 2. The van der Waals surface area contributed by atoms with Gasteiger partial charge in [0.2, 0.25) is 0 Å². The Morgan fingerprint density at radius 1 is 1.44 bits per heavy atom. The summed E-state index contributed by atoms with van der Waals surface area (Å²) in [6.07, 6.45) is 0.777. The van der Waals surface area contributed by atoms with Crippen LogP contribution < -0.4 is 5.32 Å². The van der Waals surface area contributed by atoms with Gasteiger partial charge in [-0.15, -0.1) is 0 Å². The van der Waals surface area contributed by atoms with Gasteiger partial charge in [0.05, 0.1) is 11.0 Å². The molecule has 1 aromatic rings. The first-order valence-electron chi connectivity index (χ1n) is 5.53. The summed E-state index contributed by atoms with van der Waals surface area (Å²) in [6, 6.07) is 1.65. The maximum Gasteiger partial charge on any atom is 0.295 e. The van der Waals surface area contributed by atoms with E-state index in [1.165, 1.54) is 0 Å². The molecule has 0 unspecified atom stereocenters. The number of nitrogens with zero attached hydrogens (tertiary/aromatic N) is 1. The van der Waals surface area contributed by atoms with Crippen molar-refractivity contribution in [3.05, 3.63) is 33.9 Å². The lowest BCUT2D eigenvalue weighted by atomic mass is 9.82. The molecule has 0 amide bonds. The van der Waals surface area contributed by atoms with Crippen LogP contribution in [0.1, 0.15) is 12.8 Å². The molecule has 1 aliphatic rings. The second-order valence-corrected chi connectivity index (χ2v) is 4.38. The molecule has 0 atom stereocenters. The molecule has 5 nitrogen and oxygen atoms in total. The highest BCUT2D eigenvalue weighted by molar-refractivity contribution is 5.62. The Morgan fingerprint density at radius 2 is 2.11 bits per heavy atom. The number of rotatable bonds is 4. The van der Waals surface area contributed by atoms with E-state index in [4.69, 9.17) is 5.11 Å². The summed E-state index contributed by atoms with van der Waals surface area (Å²) in [4.78, 5) is 9.94. The third kappa shape index (κ3) is 2.40. The van der Waals surface area contributed by atoms with Crippen molar-refractivity contribution in [2.75, 3.05) is 11.9 Å². The average molecular weight is 258 g/mol. The lowest BCUT2D eigenvalue weighted by molar-refractivity contribution is -0.384. The van der Waals surface area contributed by atoms with Crippen LogP contribution in [0.15, 0.2) is 12.1 Å². The Balaban J connectivity index is 2.14. The predicted octanol–water partition coefficient (Wildman–Crippen LogP) is 2.06. The van der Waals surface area contributed by atoms with Crippen molar-refractivity contribution < 1.29 is 18.8 Å². The third-order valence-corrected chi connectivity index (χ3v) is 3.05. The van der Waals surface area contributed by atoms with E-state index < -0.39 is 27.9 Å². The first-order chi connectivity index (χ1) is 8.49. The number of nitro groups is 1. The van der Waals surface area contributed by atoms with Gasteiger partial charge in [-0.25, -0.2) is 8.78 Å². The summed E-state index contributed by atoms with van der Waals surface area (Å²) >= 11 is 0. The maximum absolute atomic E-state index is 13.5. The standard InChI is InChI=1S/C11H12F2N2O3/c12-8-1-2-9(15(17)18)11(10(8)13)14-5-6-3-7(16)4-6/h1-2,6-7,14,16H,3-5H2. The van der Waals surface area contributed by atoms with Crippen molar-refractivity contribution in [1.29, 1.82) is 0 Å². The molecule has 1 fully saturated rings. The van der Waals surface area contributed by atoms with Gasteiger partial charge in [-0.1, -0.05) is 0 Å². The van der Waals surface area contributed by atoms with E-state index in [0.717, 1.165) is 12.1 Å². The number of aliphatic hydroxyl groups is 1. The van der Waals surface area contributed by atoms with E-state index in [1.54, 1.807) is 0 Å². The fraction of sp³-hybridized carbons (Fsp3) is 0.455. The monoisotopic (exact) mass is 258 g/mol. The molecule has 0 radical (unpaired) electrons. The van der Waals surface area contributed by atoms with Crippen molar-refractivity contribution in [3.8, 4) is 0 Å². The van der Waals surface area contributed by atoms with E-state index in [-0.39, 0.29) is 18.6 Å². The average Bonchev–Trinajstić information content (AvgIpc) is 2.27. The van der Waals surface area contributed by atoms with Crippen LogP contribution in [-0.2, 0) is 0 Å². The number of anilines is 1. The van der Waals surface area contributed by atoms with Gasteiger partial charge in [-0.3, -0.25) is 10.1 Å². The van der Waals surface area contributed by atoms with Gasteiger partial charge >= 0.3 is 0 Å². The molecular weight excluding hydrogens is 246 g/mol. The summed E-state index contributed by atoms with van der Waals surface area (Å²) in [6.45, 7) is 0.276. The number of hydrogen-bond acceptors (Lipinski definition) is 4. The van der Waals surface area contributed by atoms with Crippen LogP contribution in [-0.4, -0.2) is 22.7 Å². The zero-order chi connectivity index (χ0) is 13.3. The highest BCUT2D eigenvalue weighted by Crippen LogP contribution is 2.32. The predicted molar refractivity (Wildman–Crippen MR) is 60.2 cm³/mol. The van der Waals surface area contributed by atoms with E-state index in [2.05, 4.69) is 5.32 Å². The summed E-state index contributed by atoms with van der Waals surface area (Å²) in [5, 5.41) is 22.3. The molecule has 0 saturated heterocycles. The molecule has 18 heavy (non-hydrogen) atoms. The molecule has 0 aromatic heterocycles. The van der Waals surface area contributed by atoms with Gasteiger partial charge in [0.15, 0.2) is 17.3 Å². The minimum Gasteiger partial charge on any atom is -0.393 e. The molecule has 0 aliphatic heterocycles. The lowest BCUT2D eigenvalue weighted by Crippen LogP contribution is -2.33. The molecule has 0 heterocycles. The van der Waals surface area contributed by atoms with E-state index in [1.807, 2.05) is 0 Å². The molecule has 1 aliphatic carbocycles. The van der Waals surface area contributed by atoms with Gasteiger partial charge < -0.3 is 10.4 Å². The molecule has 2 rings (SSSR count). The third-order valence-electron chi connectivity index (χ3n) is 3.05. The van der Waals surface area contributed by atoms with Crippen molar-refractivity contribution in [1.82, 2.24) is 0 Å². The Bertz CT molecular complexity index is 476. The first-order valence-corrected chi connectivity index (χ1v) is 5.53. The minimum absolute atomic E-state index is 0.127. The number of halogens is 2. The lowest BCUT2D eigenvalue weighted by Gasteiger charge is -2.31. The molecule has 0 spiro atoms. The van der Waals surface area contributed by atoms with Crippen LogP contribution in [0.25, 0.3) is 0 Å². The summed E-state index contributed by atoms with van der Waals surface area (Å²) in [5.41, 5.74) is -0.921. The zero-order valence-electron chi connectivity index (χ0n) is 9.40. The van der Waals surface area contributed by atoms with E-state index in [0.29, 0.717) is 12.8 Å². The SMILES string of the molecule is O=[N+]([O-])c1ccc(F)c(F)c1NCC1CC(O)C1. The maximum atomic E-state index is 13.5. The van der Waals surface area contributed by atoms with Crippen LogP contribution in [0.5, 0.6) is 0 Å². The Kier molecular flexibility index (Phi) is 3.42. The molecule has 98 valence electrons. The molecule has 0 bridgehead atoms. The molecular formula is C11H12F2N2O3. The minimum atomic E-state index is -1.25. The second-order valence-electron chi connectivity index (χ2n) is 4.38. The Morgan fingerprint density at radius 3 is 2.67 bits per heavy atom. The van der Waals surface area contributed by atoms with Crippen LogP contribution in [0.4, 0.5) is 20.2 Å². The van der Waals surface area contributed by atoms with Crippen LogP contribution >= 0.6 is 0 Å².